The van der Waals surface area contributed by atoms with Crippen LogP contribution in [-0.2, 0) is 18.8 Å². The Morgan fingerprint density at radius 1 is 0.643 bits per heavy atom. The lowest BCUT2D eigenvalue weighted by Gasteiger charge is -2.32. The predicted octanol–water partition coefficient (Wildman–Crippen LogP) is 4.74. The van der Waals surface area contributed by atoms with Crippen LogP contribution in [0.25, 0.3) is 10.8 Å². The Morgan fingerprint density at radius 3 is 1.71 bits per heavy atom. The zero-order valence-electron chi connectivity index (χ0n) is 18.3. The van der Waals surface area contributed by atoms with Gasteiger partial charge in [-0.2, -0.15) is 0 Å². The molecule has 0 radical (unpaired) electrons. The number of hydrogen-bond donors (Lipinski definition) is 0. The molecule has 5 heteroatoms. The summed E-state index contributed by atoms with van der Waals surface area (Å²) < 4.78 is 25.2. The Bertz CT molecular complexity index is 809. The van der Waals surface area contributed by atoms with E-state index in [1.807, 2.05) is 0 Å². The molecule has 2 aliphatic heterocycles. The SMILES string of the molecule is CC1(C)OB(c2cccc3c(C4OC(C)(C)C(C)(C)O4)cccc23)OC1(C)C. The summed E-state index contributed by atoms with van der Waals surface area (Å²) >= 11 is 0. The smallest absolute Gasteiger partial charge is 0.399 e. The van der Waals surface area contributed by atoms with Gasteiger partial charge in [0.1, 0.15) is 0 Å². The molecule has 2 aromatic carbocycles. The first-order chi connectivity index (χ1) is 12.8. The number of fused-ring (bicyclic) bond motifs is 1. The third-order valence-corrected chi connectivity index (χ3v) is 7.00. The fourth-order valence-corrected chi connectivity index (χ4v) is 3.71. The molecule has 2 aliphatic rings. The minimum Gasteiger partial charge on any atom is -0.399 e. The van der Waals surface area contributed by atoms with E-state index in [2.05, 4.69) is 91.8 Å². The molecule has 4 rings (SSSR count). The summed E-state index contributed by atoms with van der Waals surface area (Å²) in [4.78, 5) is 0. The lowest BCUT2D eigenvalue weighted by molar-refractivity contribution is -0.0885. The lowest BCUT2D eigenvalue weighted by atomic mass is 9.75. The fraction of sp³-hybridized carbons (Fsp3) is 0.565. The molecule has 0 saturated carbocycles. The largest absolute Gasteiger partial charge is 0.495 e. The van der Waals surface area contributed by atoms with Crippen molar-refractivity contribution in [3.8, 4) is 0 Å². The first-order valence-electron chi connectivity index (χ1n) is 10.1. The minimum atomic E-state index is -0.401. The summed E-state index contributed by atoms with van der Waals surface area (Å²) in [7, 11) is -0.401. The number of ether oxygens (including phenoxy) is 2. The summed E-state index contributed by atoms with van der Waals surface area (Å²) in [6.07, 6.45) is -0.401. The molecule has 2 aromatic rings. The maximum absolute atomic E-state index is 6.31. The summed E-state index contributed by atoms with van der Waals surface area (Å²) in [5.41, 5.74) is 0.586. The van der Waals surface area contributed by atoms with Gasteiger partial charge in [-0.15, -0.1) is 0 Å². The molecule has 0 aromatic heterocycles. The van der Waals surface area contributed by atoms with E-state index in [1.165, 1.54) is 0 Å². The highest BCUT2D eigenvalue weighted by Gasteiger charge is 2.52. The van der Waals surface area contributed by atoms with Crippen molar-refractivity contribution in [2.45, 2.75) is 84.1 Å². The Balaban J connectivity index is 1.77. The van der Waals surface area contributed by atoms with Crippen molar-refractivity contribution >= 4 is 23.4 Å². The lowest BCUT2D eigenvalue weighted by Crippen LogP contribution is -2.41. The van der Waals surface area contributed by atoms with Crippen molar-refractivity contribution in [2.75, 3.05) is 0 Å². The van der Waals surface area contributed by atoms with Crippen LogP contribution in [0.5, 0.6) is 0 Å². The quantitative estimate of drug-likeness (QED) is 0.703. The van der Waals surface area contributed by atoms with Crippen molar-refractivity contribution in [3.05, 3.63) is 42.0 Å². The van der Waals surface area contributed by atoms with E-state index in [0.717, 1.165) is 21.8 Å². The van der Waals surface area contributed by atoms with E-state index < -0.39 is 13.4 Å². The molecule has 0 amide bonds. The first-order valence-corrected chi connectivity index (χ1v) is 10.1. The third-order valence-electron chi connectivity index (χ3n) is 7.00. The van der Waals surface area contributed by atoms with Gasteiger partial charge in [0.2, 0.25) is 0 Å². The molecular weight excluding hydrogens is 351 g/mol. The number of rotatable bonds is 2. The van der Waals surface area contributed by atoms with E-state index in [4.69, 9.17) is 18.8 Å². The predicted molar refractivity (Wildman–Crippen MR) is 113 cm³/mol. The van der Waals surface area contributed by atoms with Gasteiger partial charge in [-0.1, -0.05) is 36.4 Å². The van der Waals surface area contributed by atoms with Crippen LogP contribution in [0.2, 0.25) is 0 Å². The minimum absolute atomic E-state index is 0.372. The van der Waals surface area contributed by atoms with E-state index in [9.17, 15) is 0 Å². The van der Waals surface area contributed by atoms with E-state index in [-0.39, 0.29) is 22.4 Å². The van der Waals surface area contributed by atoms with Crippen LogP contribution in [0.15, 0.2) is 36.4 Å². The van der Waals surface area contributed by atoms with Crippen molar-refractivity contribution in [3.63, 3.8) is 0 Å². The van der Waals surface area contributed by atoms with Gasteiger partial charge in [0.15, 0.2) is 6.29 Å². The molecule has 0 N–H and O–H groups in total. The van der Waals surface area contributed by atoms with Gasteiger partial charge in [0.05, 0.1) is 22.4 Å². The second-order valence-electron chi connectivity index (χ2n) is 9.97. The average Bonchev–Trinajstić information content (AvgIpc) is 2.93. The highest BCUT2D eigenvalue weighted by Crippen LogP contribution is 2.46. The van der Waals surface area contributed by atoms with Crippen molar-refractivity contribution < 1.29 is 18.8 Å². The van der Waals surface area contributed by atoms with E-state index >= 15 is 0 Å². The molecule has 0 unspecified atom stereocenters. The summed E-state index contributed by atoms with van der Waals surface area (Å²) in [5.74, 6) is 0. The van der Waals surface area contributed by atoms with Gasteiger partial charge in [0.25, 0.3) is 0 Å². The third kappa shape index (κ3) is 2.91. The molecule has 0 spiro atoms. The van der Waals surface area contributed by atoms with Crippen LogP contribution in [0, 0.1) is 0 Å². The highest BCUT2D eigenvalue weighted by molar-refractivity contribution is 6.65. The van der Waals surface area contributed by atoms with Crippen molar-refractivity contribution in [2.24, 2.45) is 0 Å². The number of hydrogen-bond acceptors (Lipinski definition) is 4. The van der Waals surface area contributed by atoms with Gasteiger partial charge in [-0.3, -0.25) is 0 Å². The monoisotopic (exact) mass is 382 g/mol. The van der Waals surface area contributed by atoms with Crippen LogP contribution in [-0.4, -0.2) is 29.5 Å². The zero-order valence-corrected chi connectivity index (χ0v) is 18.3. The molecule has 0 atom stereocenters. The van der Waals surface area contributed by atoms with Gasteiger partial charge in [-0.25, -0.2) is 0 Å². The second-order valence-corrected chi connectivity index (χ2v) is 9.97. The normalized spacial score (nSPS) is 25.5. The van der Waals surface area contributed by atoms with Crippen LogP contribution in [0.1, 0.15) is 67.2 Å². The molecule has 0 aliphatic carbocycles. The molecule has 28 heavy (non-hydrogen) atoms. The summed E-state index contributed by atoms with van der Waals surface area (Å²) in [5, 5.41) is 2.21. The molecule has 2 fully saturated rings. The number of benzene rings is 2. The topological polar surface area (TPSA) is 36.9 Å². The van der Waals surface area contributed by atoms with Crippen LogP contribution in [0.4, 0.5) is 0 Å². The average molecular weight is 382 g/mol. The summed E-state index contributed by atoms with van der Waals surface area (Å²) in [6.45, 7) is 16.6. The van der Waals surface area contributed by atoms with E-state index in [0.29, 0.717) is 0 Å². The van der Waals surface area contributed by atoms with Gasteiger partial charge in [0, 0.05) is 5.56 Å². The first kappa shape index (κ1) is 19.9. The maximum atomic E-state index is 6.31. The van der Waals surface area contributed by atoms with E-state index in [1.54, 1.807) is 0 Å². The highest BCUT2D eigenvalue weighted by atomic mass is 16.7. The van der Waals surface area contributed by atoms with Gasteiger partial charge < -0.3 is 18.8 Å². The van der Waals surface area contributed by atoms with Crippen LogP contribution in [0.3, 0.4) is 0 Å². The van der Waals surface area contributed by atoms with Crippen LogP contribution < -0.4 is 5.46 Å². The Kier molecular flexibility index (Phi) is 4.30. The summed E-state index contributed by atoms with van der Waals surface area (Å²) in [6, 6.07) is 12.5. The Hall–Kier alpha value is -1.40. The molecule has 0 bridgehead atoms. The van der Waals surface area contributed by atoms with Crippen molar-refractivity contribution in [1.29, 1.82) is 0 Å². The molecule has 2 heterocycles. The standard InChI is InChI=1S/C23H31BO4/c1-20(2)21(3,4)26-19(25-20)17-13-9-12-16-15(17)11-10-14-18(16)24-27-22(5,6)23(7,8)28-24/h9-14,19H,1-8H3. The molecule has 4 nitrogen and oxygen atoms in total. The van der Waals surface area contributed by atoms with Crippen LogP contribution >= 0.6 is 0 Å². The second kappa shape index (κ2) is 6.05. The molecule has 2 saturated heterocycles. The van der Waals surface area contributed by atoms with Crippen molar-refractivity contribution in [1.82, 2.24) is 0 Å². The fourth-order valence-electron chi connectivity index (χ4n) is 3.71. The Morgan fingerprint density at radius 2 is 1.14 bits per heavy atom. The van der Waals surface area contributed by atoms with Gasteiger partial charge >= 0.3 is 7.12 Å². The maximum Gasteiger partial charge on any atom is 0.495 e. The zero-order chi connectivity index (χ0) is 20.5. The van der Waals surface area contributed by atoms with Gasteiger partial charge in [-0.05, 0) is 71.6 Å². The Labute approximate surface area is 168 Å². The molecule has 150 valence electrons. The molecular formula is C23H31BO4.